The quantitative estimate of drug-likeness (QED) is 0.581. The SMILES string of the molecule is O=C(CCCc1ccc(F)cc1)N1CCCC(c2cccc(Nc3ccccn3)n2)C1. The van der Waals surface area contributed by atoms with Gasteiger partial charge in [0, 0.05) is 37.3 Å². The van der Waals surface area contributed by atoms with E-state index in [1.807, 2.05) is 41.3 Å². The molecular weight excluding hydrogens is 391 g/mol. The Morgan fingerprint density at radius 1 is 1.06 bits per heavy atom. The number of halogens is 1. The molecule has 1 unspecified atom stereocenters. The summed E-state index contributed by atoms with van der Waals surface area (Å²) in [5.41, 5.74) is 2.07. The van der Waals surface area contributed by atoms with Crippen LogP contribution >= 0.6 is 0 Å². The Morgan fingerprint density at radius 3 is 2.71 bits per heavy atom. The number of pyridine rings is 2. The molecule has 1 N–H and O–H groups in total. The lowest BCUT2D eigenvalue weighted by atomic mass is 9.94. The van der Waals surface area contributed by atoms with Crippen LogP contribution < -0.4 is 5.32 Å². The smallest absolute Gasteiger partial charge is 0.222 e. The first-order chi connectivity index (χ1) is 15.2. The summed E-state index contributed by atoms with van der Waals surface area (Å²) in [6, 6.07) is 18.2. The Hall–Kier alpha value is -3.28. The first-order valence-electron chi connectivity index (χ1n) is 10.8. The average Bonchev–Trinajstić information content (AvgIpc) is 2.81. The van der Waals surface area contributed by atoms with E-state index < -0.39 is 0 Å². The maximum Gasteiger partial charge on any atom is 0.222 e. The third kappa shape index (κ3) is 5.87. The number of anilines is 2. The van der Waals surface area contributed by atoms with Crippen molar-refractivity contribution in [1.82, 2.24) is 14.9 Å². The second-order valence-electron chi connectivity index (χ2n) is 7.95. The highest BCUT2D eigenvalue weighted by Gasteiger charge is 2.25. The lowest BCUT2D eigenvalue weighted by Crippen LogP contribution is -2.39. The molecule has 2 aromatic heterocycles. The summed E-state index contributed by atoms with van der Waals surface area (Å²) in [6.07, 6.45) is 5.82. The van der Waals surface area contributed by atoms with Crippen LogP contribution in [0.25, 0.3) is 0 Å². The van der Waals surface area contributed by atoms with Gasteiger partial charge in [-0.1, -0.05) is 24.3 Å². The van der Waals surface area contributed by atoms with E-state index in [-0.39, 0.29) is 17.6 Å². The Balaban J connectivity index is 1.32. The van der Waals surface area contributed by atoms with Crippen molar-refractivity contribution in [3.8, 4) is 0 Å². The van der Waals surface area contributed by atoms with E-state index in [1.54, 1.807) is 18.3 Å². The van der Waals surface area contributed by atoms with E-state index in [2.05, 4.69) is 10.3 Å². The number of amides is 1. The molecule has 160 valence electrons. The van der Waals surface area contributed by atoms with Gasteiger partial charge in [0.1, 0.15) is 17.5 Å². The Bertz CT molecular complexity index is 994. The molecule has 0 saturated carbocycles. The van der Waals surface area contributed by atoms with Gasteiger partial charge in [0.25, 0.3) is 0 Å². The summed E-state index contributed by atoms with van der Waals surface area (Å²) in [7, 11) is 0. The van der Waals surface area contributed by atoms with Gasteiger partial charge in [-0.2, -0.15) is 0 Å². The van der Waals surface area contributed by atoms with Gasteiger partial charge in [-0.25, -0.2) is 14.4 Å². The Morgan fingerprint density at radius 2 is 1.90 bits per heavy atom. The third-order valence-electron chi connectivity index (χ3n) is 5.65. The number of aromatic nitrogens is 2. The molecule has 31 heavy (non-hydrogen) atoms. The number of hydrogen-bond donors (Lipinski definition) is 1. The van der Waals surface area contributed by atoms with Crippen molar-refractivity contribution in [2.75, 3.05) is 18.4 Å². The average molecular weight is 419 g/mol. The zero-order chi connectivity index (χ0) is 21.5. The van der Waals surface area contributed by atoms with E-state index in [4.69, 9.17) is 4.98 Å². The number of likely N-dealkylation sites (tertiary alicyclic amines) is 1. The van der Waals surface area contributed by atoms with Crippen molar-refractivity contribution in [2.24, 2.45) is 0 Å². The van der Waals surface area contributed by atoms with E-state index in [1.165, 1.54) is 12.1 Å². The summed E-state index contributed by atoms with van der Waals surface area (Å²) in [5.74, 6) is 1.72. The monoisotopic (exact) mass is 418 g/mol. The molecule has 1 aliphatic rings. The maximum absolute atomic E-state index is 13.0. The molecule has 1 aromatic carbocycles. The van der Waals surface area contributed by atoms with Gasteiger partial charge in [0.2, 0.25) is 5.91 Å². The normalized spacial score (nSPS) is 16.2. The number of nitrogens with one attached hydrogen (secondary N) is 1. The van der Waals surface area contributed by atoms with Crippen molar-refractivity contribution in [3.05, 3.63) is 83.9 Å². The van der Waals surface area contributed by atoms with Crippen LogP contribution in [0.1, 0.15) is 42.9 Å². The van der Waals surface area contributed by atoms with Crippen molar-refractivity contribution < 1.29 is 9.18 Å². The minimum atomic E-state index is -0.230. The number of carbonyl (C=O) groups is 1. The minimum Gasteiger partial charge on any atom is -0.342 e. The minimum absolute atomic E-state index is 0.189. The lowest BCUT2D eigenvalue weighted by Gasteiger charge is -2.32. The fraction of sp³-hybridized carbons (Fsp3) is 0.320. The van der Waals surface area contributed by atoms with Crippen LogP contribution in [0.15, 0.2) is 66.9 Å². The molecule has 4 rings (SSSR count). The number of piperidine rings is 1. The van der Waals surface area contributed by atoms with Crippen molar-refractivity contribution in [2.45, 2.75) is 38.0 Å². The molecule has 6 heteroatoms. The standard InChI is InChI=1S/C25H27FN4O/c26-21-14-12-19(13-15-21)6-3-11-25(31)30-17-5-7-20(18-30)22-8-4-10-24(28-22)29-23-9-1-2-16-27-23/h1-2,4,8-10,12-16,20H,3,5-7,11,17-18H2,(H,27,28,29). The molecule has 0 spiro atoms. The fourth-order valence-electron chi connectivity index (χ4n) is 4.01. The number of carbonyl (C=O) groups excluding carboxylic acids is 1. The Labute approximate surface area is 182 Å². The summed E-state index contributed by atoms with van der Waals surface area (Å²) in [4.78, 5) is 23.8. The molecule has 0 bridgehead atoms. The van der Waals surface area contributed by atoms with Crippen LogP contribution in [-0.4, -0.2) is 33.9 Å². The highest BCUT2D eigenvalue weighted by Crippen LogP contribution is 2.27. The van der Waals surface area contributed by atoms with E-state index in [0.717, 1.165) is 55.1 Å². The highest BCUT2D eigenvalue weighted by molar-refractivity contribution is 5.76. The van der Waals surface area contributed by atoms with Crippen LogP contribution in [-0.2, 0) is 11.2 Å². The molecule has 1 saturated heterocycles. The topological polar surface area (TPSA) is 58.1 Å². The van der Waals surface area contributed by atoms with Crippen molar-refractivity contribution >= 4 is 17.5 Å². The number of hydrogen-bond acceptors (Lipinski definition) is 4. The van der Waals surface area contributed by atoms with Gasteiger partial charge in [-0.05, 0) is 67.6 Å². The molecule has 5 nitrogen and oxygen atoms in total. The molecule has 0 radical (unpaired) electrons. The molecule has 3 aromatic rings. The molecule has 1 amide bonds. The zero-order valence-electron chi connectivity index (χ0n) is 17.5. The highest BCUT2D eigenvalue weighted by atomic mass is 19.1. The van der Waals surface area contributed by atoms with E-state index in [0.29, 0.717) is 13.0 Å². The van der Waals surface area contributed by atoms with Gasteiger partial charge in [-0.3, -0.25) is 4.79 Å². The third-order valence-corrected chi connectivity index (χ3v) is 5.65. The second kappa shape index (κ2) is 10.2. The van der Waals surface area contributed by atoms with Crippen LogP contribution in [0, 0.1) is 5.82 Å². The van der Waals surface area contributed by atoms with Gasteiger partial charge < -0.3 is 10.2 Å². The number of benzene rings is 1. The molecular formula is C25H27FN4O. The van der Waals surface area contributed by atoms with Gasteiger partial charge in [0.05, 0.1) is 0 Å². The molecule has 1 atom stereocenters. The van der Waals surface area contributed by atoms with Crippen LogP contribution in [0.2, 0.25) is 0 Å². The van der Waals surface area contributed by atoms with Crippen LogP contribution in [0.3, 0.4) is 0 Å². The van der Waals surface area contributed by atoms with E-state index in [9.17, 15) is 9.18 Å². The molecule has 1 aliphatic heterocycles. The summed E-state index contributed by atoms with van der Waals surface area (Å²) >= 11 is 0. The van der Waals surface area contributed by atoms with Crippen LogP contribution in [0.5, 0.6) is 0 Å². The van der Waals surface area contributed by atoms with Crippen LogP contribution in [0.4, 0.5) is 16.0 Å². The number of nitrogens with zero attached hydrogens (tertiary/aromatic N) is 3. The molecule has 0 aliphatic carbocycles. The summed E-state index contributed by atoms with van der Waals surface area (Å²) in [6.45, 7) is 1.51. The fourth-order valence-corrected chi connectivity index (χ4v) is 4.01. The molecule has 1 fully saturated rings. The van der Waals surface area contributed by atoms with Crippen molar-refractivity contribution in [1.29, 1.82) is 0 Å². The first kappa shape index (κ1) is 21.0. The predicted molar refractivity (Wildman–Crippen MR) is 120 cm³/mol. The van der Waals surface area contributed by atoms with Crippen molar-refractivity contribution in [3.63, 3.8) is 0 Å². The first-order valence-corrected chi connectivity index (χ1v) is 10.8. The maximum atomic E-state index is 13.0. The van der Waals surface area contributed by atoms with E-state index >= 15 is 0 Å². The molecule has 3 heterocycles. The largest absolute Gasteiger partial charge is 0.342 e. The number of rotatable bonds is 7. The zero-order valence-corrected chi connectivity index (χ0v) is 17.5. The Kier molecular flexibility index (Phi) is 6.87. The van der Waals surface area contributed by atoms with Gasteiger partial charge in [-0.15, -0.1) is 0 Å². The lowest BCUT2D eigenvalue weighted by molar-refractivity contribution is -0.132. The second-order valence-corrected chi connectivity index (χ2v) is 7.95. The van der Waals surface area contributed by atoms with Gasteiger partial charge >= 0.3 is 0 Å². The summed E-state index contributed by atoms with van der Waals surface area (Å²) < 4.78 is 13.0. The van der Waals surface area contributed by atoms with Gasteiger partial charge in [0.15, 0.2) is 0 Å². The number of aryl methyl sites for hydroxylation is 1. The summed E-state index contributed by atoms with van der Waals surface area (Å²) in [5, 5.41) is 3.24. The predicted octanol–water partition coefficient (Wildman–Crippen LogP) is 5.09.